The molecule has 6 nitrogen and oxygen atoms in total. The predicted octanol–water partition coefficient (Wildman–Crippen LogP) is 4.60. The Morgan fingerprint density at radius 3 is 2.44 bits per heavy atom. The third kappa shape index (κ3) is 7.42. The van der Waals surface area contributed by atoms with E-state index >= 15 is 0 Å². The summed E-state index contributed by atoms with van der Waals surface area (Å²) >= 11 is 0. The molecule has 0 radical (unpaired) electrons. The average Bonchev–Trinajstić information content (AvgIpc) is 2.81. The van der Waals surface area contributed by atoms with Gasteiger partial charge in [0.2, 0.25) is 0 Å². The maximum absolute atomic E-state index is 11.6. The van der Waals surface area contributed by atoms with Crippen molar-refractivity contribution < 1.29 is 14.7 Å². The molecule has 0 heterocycles. The molecule has 0 fully saturated rings. The van der Waals surface area contributed by atoms with E-state index in [9.17, 15) is 4.79 Å². The molecule has 3 aromatic rings. The summed E-state index contributed by atoms with van der Waals surface area (Å²) in [7, 11) is 4.18. The number of fused-ring (bicyclic) bond motifs is 1. The second kappa shape index (κ2) is 11.8. The summed E-state index contributed by atoms with van der Waals surface area (Å²) in [6.45, 7) is 7.47. The zero-order chi connectivity index (χ0) is 24.6. The van der Waals surface area contributed by atoms with E-state index in [1.54, 1.807) is 17.6 Å². The van der Waals surface area contributed by atoms with E-state index in [-0.39, 0.29) is 5.41 Å². The Bertz CT molecular complexity index is 1120. The second-order valence-electron chi connectivity index (χ2n) is 9.64. The van der Waals surface area contributed by atoms with Gasteiger partial charge in [-0.15, -0.1) is 0 Å². The number of amides is 1. The molecule has 0 aliphatic rings. The van der Waals surface area contributed by atoms with Crippen molar-refractivity contribution in [2.75, 3.05) is 40.3 Å². The number of hydroxylamine groups is 1. The maximum atomic E-state index is 11.6. The van der Waals surface area contributed by atoms with Crippen molar-refractivity contribution in [3.8, 4) is 5.75 Å². The molecule has 3 N–H and O–H groups in total. The third-order valence-electron chi connectivity index (χ3n) is 5.51. The molecule has 0 aliphatic carbocycles. The van der Waals surface area contributed by atoms with Crippen LogP contribution in [0.4, 0.5) is 0 Å². The summed E-state index contributed by atoms with van der Waals surface area (Å²) in [5, 5.41) is 14.7. The Balaban J connectivity index is 1.76. The van der Waals surface area contributed by atoms with E-state index < -0.39 is 5.91 Å². The summed E-state index contributed by atoms with van der Waals surface area (Å²) in [4.78, 5) is 13.8. The first-order chi connectivity index (χ1) is 16.3. The Hall–Kier alpha value is -3.19. The van der Waals surface area contributed by atoms with Gasteiger partial charge in [-0.25, -0.2) is 5.48 Å². The number of nitrogens with one attached hydrogen (secondary N) is 2. The normalized spacial score (nSPS) is 12.2. The van der Waals surface area contributed by atoms with Gasteiger partial charge in [0.15, 0.2) is 0 Å². The highest BCUT2D eigenvalue weighted by Crippen LogP contribution is 2.25. The van der Waals surface area contributed by atoms with Gasteiger partial charge in [-0.3, -0.25) is 10.0 Å². The van der Waals surface area contributed by atoms with Crippen molar-refractivity contribution in [2.45, 2.75) is 13.8 Å². The van der Waals surface area contributed by atoms with Gasteiger partial charge in [-0.1, -0.05) is 68.5 Å². The first-order valence-corrected chi connectivity index (χ1v) is 11.5. The number of hydrogen-bond donors (Lipinski definition) is 3. The number of nitrogens with zero attached hydrogens (tertiary/aromatic N) is 1. The van der Waals surface area contributed by atoms with Crippen molar-refractivity contribution in [1.82, 2.24) is 15.7 Å². The molecular weight excluding hydrogens is 426 g/mol. The molecule has 6 heteroatoms. The molecule has 1 amide bonds. The smallest absolute Gasteiger partial charge is 0.274 e. The van der Waals surface area contributed by atoms with Crippen molar-refractivity contribution in [1.29, 1.82) is 0 Å². The zero-order valence-corrected chi connectivity index (χ0v) is 20.5. The van der Waals surface area contributed by atoms with Crippen LogP contribution in [0.3, 0.4) is 0 Å². The van der Waals surface area contributed by atoms with Crippen LogP contribution in [0.5, 0.6) is 5.75 Å². The summed E-state index contributed by atoms with van der Waals surface area (Å²) < 4.78 is 6.27. The van der Waals surface area contributed by atoms with Gasteiger partial charge in [0.25, 0.3) is 5.91 Å². The highest BCUT2D eigenvalue weighted by molar-refractivity contribution is 5.93. The monoisotopic (exact) mass is 461 g/mol. The predicted molar refractivity (Wildman–Crippen MR) is 138 cm³/mol. The van der Waals surface area contributed by atoms with Gasteiger partial charge in [-0.05, 0) is 54.2 Å². The Morgan fingerprint density at radius 1 is 1.03 bits per heavy atom. The number of benzene rings is 3. The van der Waals surface area contributed by atoms with Crippen LogP contribution in [0.25, 0.3) is 16.8 Å². The summed E-state index contributed by atoms with van der Waals surface area (Å²) in [5.74, 6) is 0.326. The highest BCUT2D eigenvalue weighted by Gasteiger charge is 2.18. The SMILES string of the molecule is CN(C)CC(C)(C)CNC/C(=C\c1ccc(C(=O)NO)cc1)COc1cccc2ccccc12. The number of carbonyl (C=O) groups is 1. The molecule has 180 valence electrons. The molecule has 0 aromatic heterocycles. The van der Waals surface area contributed by atoms with E-state index in [0.29, 0.717) is 18.7 Å². The molecule has 3 aromatic carbocycles. The van der Waals surface area contributed by atoms with Crippen LogP contribution in [0.15, 0.2) is 72.3 Å². The van der Waals surface area contributed by atoms with Crippen LogP contribution in [0.1, 0.15) is 29.8 Å². The molecule has 0 atom stereocenters. The standard InChI is InChI=1S/C28H35N3O3/c1-28(2,20-31(3)4)19-29-17-22(16-21-12-14-24(15-13-21)27(32)30-33)18-34-26-11-7-9-23-8-5-6-10-25(23)26/h5-16,29,33H,17-20H2,1-4H3,(H,30,32)/b22-16+. The molecule has 0 aliphatic heterocycles. The summed E-state index contributed by atoms with van der Waals surface area (Å²) in [6.07, 6.45) is 2.08. The Morgan fingerprint density at radius 2 is 1.74 bits per heavy atom. The fourth-order valence-electron chi connectivity index (χ4n) is 4.14. The van der Waals surface area contributed by atoms with E-state index in [4.69, 9.17) is 9.94 Å². The molecular formula is C28H35N3O3. The lowest BCUT2D eigenvalue weighted by atomic mass is 9.93. The third-order valence-corrected chi connectivity index (χ3v) is 5.51. The lowest BCUT2D eigenvalue weighted by Crippen LogP contribution is -2.38. The largest absolute Gasteiger partial charge is 0.489 e. The van der Waals surface area contributed by atoms with E-state index in [2.05, 4.69) is 62.4 Å². The van der Waals surface area contributed by atoms with Crippen LogP contribution >= 0.6 is 0 Å². The van der Waals surface area contributed by atoms with Crippen molar-refractivity contribution >= 4 is 22.8 Å². The first-order valence-electron chi connectivity index (χ1n) is 11.5. The van der Waals surface area contributed by atoms with Crippen LogP contribution < -0.4 is 15.5 Å². The second-order valence-corrected chi connectivity index (χ2v) is 9.64. The Labute approximate surface area is 202 Å². The molecule has 0 saturated heterocycles. The van der Waals surface area contributed by atoms with Crippen LogP contribution in [0, 0.1) is 5.41 Å². The fraction of sp³-hybridized carbons (Fsp3) is 0.321. The van der Waals surface area contributed by atoms with Gasteiger partial charge in [-0.2, -0.15) is 0 Å². The lowest BCUT2D eigenvalue weighted by Gasteiger charge is -2.28. The topological polar surface area (TPSA) is 73.8 Å². The molecule has 0 saturated carbocycles. The first kappa shape index (κ1) is 25.4. The minimum Gasteiger partial charge on any atom is -0.489 e. The maximum Gasteiger partial charge on any atom is 0.274 e. The van der Waals surface area contributed by atoms with E-state index in [1.165, 1.54) is 0 Å². The van der Waals surface area contributed by atoms with Crippen molar-refractivity contribution in [2.24, 2.45) is 5.41 Å². The average molecular weight is 462 g/mol. The molecule has 0 bridgehead atoms. The van der Waals surface area contributed by atoms with Crippen molar-refractivity contribution in [3.05, 3.63) is 83.4 Å². The molecule has 3 rings (SSSR count). The number of rotatable bonds is 11. The molecule has 0 spiro atoms. The minimum atomic E-state index is -0.528. The molecule has 34 heavy (non-hydrogen) atoms. The van der Waals surface area contributed by atoms with Gasteiger partial charge in [0.05, 0.1) is 0 Å². The van der Waals surface area contributed by atoms with Gasteiger partial charge in [0, 0.05) is 30.6 Å². The zero-order valence-electron chi connectivity index (χ0n) is 20.5. The summed E-state index contributed by atoms with van der Waals surface area (Å²) in [5.41, 5.74) is 4.24. The number of hydrogen-bond acceptors (Lipinski definition) is 5. The fourth-order valence-corrected chi connectivity index (χ4v) is 4.14. The van der Waals surface area contributed by atoms with E-state index in [1.807, 2.05) is 36.4 Å². The quantitative estimate of drug-likeness (QED) is 0.288. The van der Waals surface area contributed by atoms with Crippen LogP contribution in [-0.4, -0.2) is 56.4 Å². The van der Waals surface area contributed by atoms with Crippen molar-refractivity contribution in [3.63, 3.8) is 0 Å². The van der Waals surface area contributed by atoms with Crippen LogP contribution in [-0.2, 0) is 0 Å². The molecule has 0 unspecified atom stereocenters. The van der Waals surface area contributed by atoms with E-state index in [0.717, 1.165) is 40.7 Å². The van der Waals surface area contributed by atoms with Crippen LogP contribution in [0.2, 0.25) is 0 Å². The lowest BCUT2D eigenvalue weighted by molar-refractivity contribution is 0.0706. The minimum absolute atomic E-state index is 0.129. The van der Waals surface area contributed by atoms with Gasteiger partial charge < -0.3 is 15.0 Å². The van der Waals surface area contributed by atoms with Gasteiger partial charge in [0.1, 0.15) is 12.4 Å². The highest BCUT2D eigenvalue weighted by atomic mass is 16.5. The number of carbonyl (C=O) groups excluding carboxylic acids is 1. The van der Waals surface area contributed by atoms with Gasteiger partial charge >= 0.3 is 0 Å². The Kier molecular flexibility index (Phi) is 8.82. The summed E-state index contributed by atoms with van der Waals surface area (Å²) in [6, 6.07) is 21.4. The number of ether oxygens (including phenoxy) is 1.